The van der Waals surface area contributed by atoms with E-state index in [0.29, 0.717) is 57.1 Å². The van der Waals surface area contributed by atoms with Crippen LogP contribution in [-0.2, 0) is 35.0 Å². The Balaban J connectivity index is 1.07. The van der Waals surface area contributed by atoms with Crippen LogP contribution in [0, 0.1) is 0 Å². The van der Waals surface area contributed by atoms with E-state index in [1.54, 1.807) is 66.7 Å². The maximum atomic E-state index is 13.5. The van der Waals surface area contributed by atoms with Crippen LogP contribution in [0.1, 0.15) is 64.4 Å². The van der Waals surface area contributed by atoms with E-state index in [9.17, 15) is 24.3 Å². The number of methoxy groups -OCH3 is 9. The Morgan fingerprint density at radius 1 is 0.388 bits per heavy atom. The molecule has 21 heteroatoms. The van der Waals surface area contributed by atoms with Crippen molar-refractivity contribution in [3.8, 4) is 57.5 Å². The number of carbonyl (C=O) groups is 4. The second-order valence-electron chi connectivity index (χ2n) is 16.8. The summed E-state index contributed by atoms with van der Waals surface area (Å²) in [5.74, 6) is 0.818. The van der Waals surface area contributed by atoms with E-state index in [1.807, 2.05) is 0 Å². The first-order chi connectivity index (χ1) is 38.7. The Morgan fingerprint density at radius 2 is 0.713 bits per heavy atom. The fourth-order valence-corrected chi connectivity index (χ4v) is 7.54. The quantitative estimate of drug-likeness (QED) is 0.0192. The molecule has 0 heterocycles. The summed E-state index contributed by atoms with van der Waals surface area (Å²) in [5.41, 5.74) is 2.07. The fraction of sp³-hybridized carbons (Fsp3) is 0.288. The summed E-state index contributed by atoms with van der Waals surface area (Å²) < 4.78 is 88.6. The average molecular weight is 1110 g/mol. The van der Waals surface area contributed by atoms with Gasteiger partial charge in [0.05, 0.1) is 86.2 Å². The lowest BCUT2D eigenvalue weighted by Gasteiger charge is -2.22. The number of aliphatic hydroxyl groups excluding tert-OH is 1. The predicted octanol–water partition coefficient (Wildman–Crippen LogP) is 8.50. The molecule has 0 aromatic heterocycles. The minimum atomic E-state index is -1.58. The highest BCUT2D eigenvalue weighted by atomic mass is 16.6. The van der Waals surface area contributed by atoms with Crippen molar-refractivity contribution in [3.05, 3.63) is 161 Å². The summed E-state index contributed by atoms with van der Waals surface area (Å²) in [7, 11) is 13.1. The van der Waals surface area contributed by atoms with E-state index in [0.717, 1.165) is 0 Å². The lowest BCUT2D eigenvalue weighted by atomic mass is 10.1. The number of hydrogen-bond acceptors (Lipinski definition) is 21. The molecule has 80 heavy (non-hydrogen) atoms. The van der Waals surface area contributed by atoms with E-state index >= 15 is 0 Å². The number of esters is 4. The minimum Gasteiger partial charge on any atom is -0.493 e. The smallest absolute Gasteiger partial charge is 0.338 e. The van der Waals surface area contributed by atoms with Crippen molar-refractivity contribution in [1.29, 1.82) is 0 Å². The van der Waals surface area contributed by atoms with Gasteiger partial charge in [-0.3, -0.25) is 0 Å². The highest BCUT2D eigenvalue weighted by Crippen LogP contribution is 2.34. The van der Waals surface area contributed by atoms with E-state index < -0.39 is 55.6 Å². The van der Waals surface area contributed by atoms with Crippen molar-refractivity contribution in [2.75, 3.05) is 90.4 Å². The Labute approximate surface area is 462 Å². The van der Waals surface area contributed by atoms with Gasteiger partial charge in [-0.2, -0.15) is 0 Å². The van der Waals surface area contributed by atoms with Gasteiger partial charge in [0.25, 0.3) is 0 Å². The van der Waals surface area contributed by atoms with Crippen LogP contribution < -0.4 is 47.4 Å². The fourth-order valence-electron chi connectivity index (χ4n) is 7.54. The van der Waals surface area contributed by atoms with Crippen LogP contribution >= 0.6 is 0 Å². The maximum Gasteiger partial charge on any atom is 0.338 e. The first-order valence-corrected chi connectivity index (χ1v) is 24.4. The second kappa shape index (κ2) is 29.4. The van der Waals surface area contributed by atoms with Gasteiger partial charge in [-0.25, -0.2) is 19.2 Å². The lowest BCUT2D eigenvalue weighted by Crippen LogP contribution is -2.30. The summed E-state index contributed by atoms with van der Waals surface area (Å²) in [6.45, 7) is 2.48. The zero-order valence-corrected chi connectivity index (χ0v) is 45.6. The van der Waals surface area contributed by atoms with Gasteiger partial charge < -0.3 is 80.9 Å². The minimum absolute atomic E-state index is 0.0263. The Hall–Kier alpha value is -9.34. The van der Waals surface area contributed by atoms with Gasteiger partial charge in [-0.15, -0.1) is 0 Å². The Morgan fingerprint density at radius 3 is 1.14 bits per heavy atom. The summed E-state index contributed by atoms with van der Waals surface area (Å²) in [6.07, 6.45) is -3.76. The first kappa shape index (κ1) is 59.9. The van der Waals surface area contributed by atoms with E-state index in [1.165, 1.54) is 113 Å². The highest BCUT2D eigenvalue weighted by Gasteiger charge is 2.25. The highest BCUT2D eigenvalue weighted by molar-refractivity contribution is 5.92. The SMILES string of the molecule is C=C(OC(COC(=O)c1ccc(COc2ccc(C(=O)OCC(COC(=O)c3ccc(OC)c(OC)c3)OC(O)c3ccc(OC)c(OC)c3)cc2OC)cc1)COC(=O)c1ccc(OC)c(OC)c1)c1ccc(OC)c(OC)c1. The average Bonchev–Trinajstić information content (AvgIpc) is 3.50. The number of aliphatic hydroxyl groups is 1. The maximum absolute atomic E-state index is 13.5. The number of ether oxygens (including phenoxy) is 16. The van der Waals surface area contributed by atoms with Crippen molar-refractivity contribution in [1.82, 2.24) is 0 Å². The zero-order valence-electron chi connectivity index (χ0n) is 45.6. The van der Waals surface area contributed by atoms with Crippen molar-refractivity contribution in [3.63, 3.8) is 0 Å². The van der Waals surface area contributed by atoms with Crippen molar-refractivity contribution in [2.45, 2.75) is 25.1 Å². The topological polar surface area (TPSA) is 236 Å². The molecule has 0 amide bonds. The van der Waals surface area contributed by atoms with Crippen LogP contribution in [0.2, 0.25) is 0 Å². The third-order valence-corrected chi connectivity index (χ3v) is 11.9. The largest absolute Gasteiger partial charge is 0.493 e. The summed E-state index contributed by atoms with van der Waals surface area (Å²) >= 11 is 0. The molecule has 0 aliphatic rings. The molecule has 21 nitrogen and oxygen atoms in total. The Kier molecular flexibility index (Phi) is 22.0. The van der Waals surface area contributed by atoms with Crippen LogP contribution in [0.4, 0.5) is 0 Å². The van der Waals surface area contributed by atoms with Gasteiger partial charge in [0.1, 0.15) is 44.9 Å². The molecule has 0 bridgehead atoms. The van der Waals surface area contributed by atoms with Gasteiger partial charge in [0.2, 0.25) is 0 Å². The number of hydrogen-bond donors (Lipinski definition) is 1. The molecule has 0 saturated heterocycles. The van der Waals surface area contributed by atoms with Crippen molar-refractivity contribution < 1.29 is 100 Å². The summed E-state index contributed by atoms with van der Waals surface area (Å²) in [6, 6.07) is 29.5. The lowest BCUT2D eigenvalue weighted by molar-refractivity contribution is -0.162. The van der Waals surface area contributed by atoms with Crippen LogP contribution in [0.25, 0.3) is 5.76 Å². The molecule has 0 radical (unpaired) electrons. The monoisotopic (exact) mass is 1110 g/mol. The first-order valence-electron chi connectivity index (χ1n) is 24.4. The number of benzene rings is 6. The van der Waals surface area contributed by atoms with E-state index in [2.05, 4.69) is 6.58 Å². The van der Waals surface area contributed by atoms with Crippen LogP contribution in [-0.4, -0.2) is 132 Å². The second-order valence-corrected chi connectivity index (χ2v) is 16.8. The van der Waals surface area contributed by atoms with Crippen molar-refractivity contribution in [2.24, 2.45) is 0 Å². The summed E-state index contributed by atoms with van der Waals surface area (Å²) in [4.78, 5) is 53.2. The number of carbonyl (C=O) groups excluding carboxylic acids is 4. The summed E-state index contributed by atoms with van der Waals surface area (Å²) in [5, 5.41) is 11.1. The standard InChI is InChI=1S/C59H62O21/c1-35(38-15-20-45(65-2)50(25-38)69-6)79-43(32-76-56(61)39-16-21-46(66-3)51(26-39)70-7)31-75-55(60)37-13-11-36(12-14-37)30-74-49-24-19-41(28-54(49)73-10)58(63)78-34-44(80-59(64)42-18-23-48(68-5)53(29-42)72-9)33-77-57(62)40-17-22-47(67-4)52(27-40)71-8/h11-29,43-44,59,64H,1,30-34H2,2-10H3. The van der Waals surface area contributed by atoms with Gasteiger partial charge in [-0.1, -0.05) is 24.8 Å². The molecule has 0 aliphatic heterocycles. The van der Waals surface area contributed by atoms with Gasteiger partial charge in [0.15, 0.2) is 69.9 Å². The molecule has 0 fully saturated rings. The van der Waals surface area contributed by atoms with Gasteiger partial charge in [0, 0.05) is 11.1 Å². The Bertz CT molecular complexity index is 3080. The molecule has 3 unspecified atom stereocenters. The number of rotatable bonds is 30. The van der Waals surface area contributed by atoms with E-state index in [4.69, 9.17) is 75.8 Å². The molecule has 424 valence electrons. The van der Waals surface area contributed by atoms with Gasteiger partial charge >= 0.3 is 23.9 Å². The molecule has 1 N–H and O–H groups in total. The zero-order chi connectivity index (χ0) is 57.7. The molecule has 6 rings (SSSR count). The van der Waals surface area contributed by atoms with Crippen molar-refractivity contribution >= 4 is 29.6 Å². The predicted molar refractivity (Wildman–Crippen MR) is 287 cm³/mol. The molecular formula is C59H62O21. The molecule has 3 atom stereocenters. The molecule has 0 saturated carbocycles. The molecule has 0 spiro atoms. The third-order valence-electron chi connectivity index (χ3n) is 11.9. The normalized spacial score (nSPS) is 11.8. The van der Waals surface area contributed by atoms with Gasteiger partial charge in [-0.05, 0) is 103 Å². The van der Waals surface area contributed by atoms with Crippen LogP contribution in [0.5, 0.6) is 57.5 Å². The molecular weight excluding hydrogens is 1040 g/mol. The third kappa shape index (κ3) is 15.9. The van der Waals surface area contributed by atoms with Crippen LogP contribution in [0.3, 0.4) is 0 Å². The van der Waals surface area contributed by atoms with E-state index in [-0.39, 0.29) is 64.9 Å². The molecule has 6 aromatic carbocycles. The molecule has 0 aliphatic carbocycles. The van der Waals surface area contributed by atoms with Crippen LogP contribution in [0.15, 0.2) is 122 Å². The molecule has 6 aromatic rings.